The predicted octanol–water partition coefficient (Wildman–Crippen LogP) is 4.81. The third-order valence-corrected chi connectivity index (χ3v) is 7.46. The van der Waals surface area contributed by atoms with Gasteiger partial charge < -0.3 is 14.8 Å². The van der Waals surface area contributed by atoms with Gasteiger partial charge in [0.1, 0.15) is 10.8 Å². The Morgan fingerprint density at radius 3 is 2.36 bits per heavy atom. The maximum absolute atomic E-state index is 12.7. The highest BCUT2D eigenvalue weighted by Crippen LogP contribution is 2.38. The van der Waals surface area contributed by atoms with Gasteiger partial charge in [0.05, 0.1) is 23.4 Å². The summed E-state index contributed by atoms with van der Waals surface area (Å²) in [5.74, 6) is -2.75. The number of fused-ring (bicyclic) bond motifs is 1. The lowest BCUT2D eigenvalue weighted by Crippen LogP contribution is -2.33. The number of ether oxygens (including phenoxy) is 2. The van der Waals surface area contributed by atoms with Crippen molar-refractivity contribution in [3.63, 3.8) is 0 Å². The Morgan fingerprint density at radius 2 is 1.62 bits per heavy atom. The minimum atomic E-state index is -1.01. The molecule has 9 nitrogen and oxygen atoms in total. The van der Waals surface area contributed by atoms with E-state index in [2.05, 4.69) is 15.8 Å². The lowest BCUT2D eigenvalue weighted by Gasteiger charge is -2.12. The summed E-state index contributed by atoms with van der Waals surface area (Å²) in [6.45, 7) is 5.35. The third-order valence-electron chi connectivity index (χ3n) is 6.25. The van der Waals surface area contributed by atoms with E-state index in [9.17, 15) is 19.2 Å². The van der Waals surface area contributed by atoms with Gasteiger partial charge >= 0.3 is 23.8 Å². The van der Waals surface area contributed by atoms with Crippen LogP contribution in [-0.2, 0) is 27.2 Å². The monoisotopic (exact) mass is 547 g/mol. The van der Waals surface area contributed by atoms with Crippen molar-refractivity contribution in [2.24, 2.45) is 5.10 Å². The molecule has 4 rings (SSSR count). The van der Waals surface area contributed by atoms with E-state index in [0.29, 0.717) is 27.4 Å². The van der Waals surface area contributed by atoms with Crippen molar-refractivity contribution in [2.75, 3.05) is 11.9 Å². The first-order chi connectivity index (χ1) is 18.8. The maximum Gasteiger partial charge on any atom is 0.343 e. The third kappa shape index (κ3) is 6.40. The molecule has 0 fully saturated rings. The number of thiophene rings is 1. The molecule has 2 amide bonds. The molecule has 0 bridgehead atoms. The Kier molecular flexibility index (Phi) is 8.88. The molecule has 3 aromatic rings. The molecule has 1 aliphatic carbocycles. The Morgan fingerprint density at radius 1 is 0.923 bits per heavy atom. The molecule has 0 unspecified atom stereocenters. The van der Waals surface area contributed by atoms with Crippen LogP contribution in [-0.4, -0.2) is 36.1 Å². The van der Waals surface area contributed by atoms with Crippen LogP contribution in [0.1, 0.15) is 69.0 Å². The number of para-hydroxylation sites is 1. The highest BCUT2D eigenvalue weighted by Gasteiger charge is 2.28. The molecule has 1 aromatic heterocycles. The zero-order valence-electron chi connectivity index (χ0n) is 22.0. The number of hydrogen-bond donors (Lipinski definition) is 2. The SMILES string of the molecule is CCOC(=O)c1c(NC(=O)C(=O)N/N=C(\C)c2ccccc2OC(=O)c2ccccc2C)sc2c1CCCC2. The molecule has 1 heterocycles. The van der Waals surface area contributed by atoms with Crippen LogP contribution in [0.2, 0.25) is 0 Å². The lowest BCUT2D eigenvalue weighted by molar-refractivity contribution is -0.136. The average Bonchev–Trinajstić information content (AvgIpc) is 3.30. The van der Waals surface area contributed by atoms with Crippen molar-refractivity contribution in [2.45, 2.75) is 46.5 Å². The van der Waals surface area contributed by atoms with Crippen LogP contribution in [0.15, 0.2) is 53.6 Å². The van der Waals surface area contributed by atoms with Crippen LogP contribution >= 0.6 is 11.3 Å². The predicted molar refractivity (Wildman–Crippen MR) is 148 cm³/mol. The van der Waals surface area contributed by atoms with Gasteiger partial charge in [-0.3, -0.25) is 9.59 Å². The number of hydrogen-bond acceptors (Lipinski definition) is 8. The summed E-state index contributed by atoms with van der Waals surface area (Å²) >= 11 is 1.29. The number of carbonyl (C=O) groups is 4. The van der Waals surface area contributed by atoms with E-state index in [1.165, 1.54) is 11.3 Å². The molecule has 2 N–H and O–H groups in total. The van der Waals surface area contributed by atoms with Gasteiger partial charge in [-0.2, -0.15) is 5.10 Å². The van der Waals surface area contributed by atoms with Gasteiger partial charge in [-0.15, -0.1) is 11.3 Å². The first-order valence-corrected chi connectivity index (χ1v) is 13.5. The van der Waals surface area contributed by atoms with Gasteiger partial charge in [-0.05, 0) is 75.8 Å². The first kappa shape index (κ1) is 27.7. The first-order valence-electron chi connectivity index (χ1n) is 12.6. The summed E-state index contributed by atoms with van der Waals surface area (Å²) in [6, 6.07) is 13.8. The van der Waals surface area contributed by atoms with E-state index in [4.69, 9.17) is 9.47 Å². The Hall–Kier alpha value is -4.31. The fourth-order valence-electron chi connectivity index (χ4n) is 4.29. The molecule has 10 heteroatoms. The van der Waals surface area contributed by atoms with Crippen molar-refractivity contribution in [3.8, 4) is 5.75 Å². The highest BCUT2D eigenvalue weighted by atomic mass is 32.1. The number of anilines is 1. The standard InChI is InChI=1S/C29H29N3O6S/c1-4-37-29(36)24-21-14-8-10-16-23(21)39-27(24)30-25(33)26(34)32-31-18(3)20-13-7-9-15-22(20)38-28(35)19-12-6-5-11-17(19)2/h5-7,9,11-13,15H,4,8,10,14,16H2,1-3H3,(H,30,33)(H,32,34)/b31-18+. The van der Waals surface area contributed by atoms with Crippen molar-refractivity contribution >= 4 is 45.8 Å². The van der Waals surface area contributed by atoms with Crippen LogP contribution in [0.25, 0.3) is 0 Å². The van der Waals surface area contributed by atoms with Crippen molar-refractivity contribution in [1.29, 1.82) is 0 Å². The van der Waals surface area contributed by atoms with Gasteiger partial charge in [0, 0.05) is 10.4 Å². The number of rotatable bonds is 7. The van der Waals surface area contributed by atoms with E-state index in [1.54, 1.807) is 50.2 Å². The molecule has 1 aliphatic rings. The summed E-state index contributed by atoms with van der Waals surface area (Å²) in [5.41, 5.74) is 5.45. The molecule has 0 saturated heterocycles. The number of esters is 2. The highest BCUT2D eigenvalue weighted by molar-refractivity contribution is 7.17. The second-order valence-electron chi connectivity index (χ2n) is 8.93. The molecule has 0 spiro atoms. The zero-order chi connectivity index (χ0) is 27.9. The number of nitrogens with zero attached hydrogens (tertiary/aromatic N) is 1. The minimum absolute atomic E-state index is 0.201. The summed E-state index contributed by atoms with van der Waals surface area (Å²) < 4.78 is 10.8. The molecule has 39 heavy (non-hydrogen) atoms. The molecule has 0 aliphatic heterocycles. The number of benzene rings is 2. The summed E-state index contributed by atoms with van der Waals surface area (Å²) in [6.07, 6.45) is 3.48. The number of aryl methyl sites for hydroxylation is 2. The van der Waals surface area contributed by atoms with Crippen LogP contribution in [0.3, 0.4) is 0 Å². The van der Waals surface area contributed by atoms with E-state index < -0.39 is 23.8 Å². The average molecular weight is 548 g/mol. The molecule has 0 atom stereocenters. The summed E-state index contributed by atoms with van der Waals surface area (Å²) in [4.78, 5) is 51.6. The minimum Gasteiger partial charge on any atom is -0.462 e. The van der Waals surface area contributed by atoms with Gasteiger partial charge in [-0.1, -0.05) is 30.3 Å². The second kappa shape index (κ2) is 12.5. The number of carbonyl (C=O) groups excluding carboxylic acids is 4. The van der Waals surface area contributed by atoms with Crippen LogP contribution in [0.4, 0.5) is 5.00 Å². The number of nitrogens with one attached hydrogen (secondary N) is 2. The second-order valence-corrected chi connectivity index (χ2v) is 10.0. The summed E-state index contributed by atoms with van der Waals surface area (Å²) in [7, 11) is 0. The van der Waals surface area contributed by atoms with E-state index in [1.807, 2.05) is 19.1 Å². The number of amides is 2. The van der Waals surface area contributed by atoms with Crippen molar-refractivity contribution in [1.82, 2.24) is 5.43 Å². The smallest absolute Gasteiger partial charge is 0.343 e. The van der Waals surface area contributed by atoms with Crippen molar-refractivity contribution < 1.29 is 28.7 Å². The molecule has 0 radical (unpaired) electrons. The van der Waals surface area contributed by atoms with Gasteiger partial charge in [0.2, 0.25) is 0 Å². The van der Waals surface area contributed by atoms with Crippen LogP contribution in [0.5, 0.6) is 5.75 Å². The molecule has 2 aromatic carbocycles. The van der Waals surface area contributed by atoms with Gasteiger partial charge in [0.15, 0.2) is 0 Å². The molecular formula is C29H29N3O6S. The van der Waals surface area contributed by atoms with E-state index in [0.717, 1.165) is 41.7 Å². The largest absolute Gasteiger partial charge is 0.462 e. The molecule has 0 saturated carbocycles. The van der Waals surface area contributed by atoms with E-state index >= 15 is 0 Å². The lowest BCUT2D eigenvalue weighted by atomic mass is 9.95. The van der Waals surface area contributed by atoms with Gasteiger partial charge in [-0.25, -0.2) is 15.0 Å². The molecular weight excluding hydrogens is 518 g/mol. The zero-order valence-corrected chi connectivity index (χ0v) is 22.8. The number of hydrazone groups is 1. The van der Waals surface area contributed by atoms with Gasteiger partial charge in [0.25, 0.3) is 0 Å². The Balaban J connectivity index is 1.47. The fraction of sp³-hybridized carbons (Fsp3) is 0.276. The summed E-state index contributed by atoms with van der Waals surface area (Å²) in [5, 5.41) is 6.90. The molecule has 202 valence electrons. The topological polar surface area (TPSA) is 123 Å². The Bertz CT molecular complexity index is 1460. The maximum atomic E-state index is 12.7. The quantitative estimate of drug-likeness (QED) is 0.144. The normalized spacial score (nSPS) is 12.7. The van der Waals surface area contributed by atoms with Crippen LogP contribution in [0, 0.1) is 6.92 Å². The Labute approximate surface area is 230 Å². The fourth-order valence-corrected chi connectivity index (χ4v) is 5.56. The van der Waals surface area contributed by atoms with Crippen LogP contribution < -0.4 is 15.5 Å². The van der Waals surface area contributed by atoms with Crippen molar-refractivity contribution in [3.05, 3.63) is 81.2 Å². The van der Waals surface area contributed by atoms with E-state index in [-0.39, 0.29) is 12.4 Å².